The molecule has 100 valence electrons. The van der Waals surface area contributed by atoms with E-state index in [2.05, 4.69) is 0 Å². The third-order valence-electron chi connectivity index (χ3n) is 2.92. The summed E-state index contributed by atoms with van der Waals surface area (Å²) in [6, 6.07) is 11.6. The molecule has 19 heavy (non-hydrogen) atoms. The van der Waals surface area contributed by atoms with E-state index in [0.717, 1.165) is 11.3 Å². The molecule has 2 nitrogen and oxygen atoms in total. The Bertz CT molecular complexity index is 534. The summed E-state index contributed by atoms with van der Waals surface area (Å²) < 4.78 is 18.7. The van der Waals surface area contributed by atoms with Crippen LogP contribution in [0.25, 0.3) is 0 Å². The zero-order chi connectivity index (χ0) is 13.8. The summed E-state index contributed by atoms with van der Waals surface area (Å²) in [5.41, 5.74) is 1.02. The Balaban J connectivity index is 2.18. The van der Waals surface area contributed by atoms with Crippen LogP contribution in [0.2, 0.25) is 5.02 Å². The normalized spacial score (nSPS) is 12.2. The van der Waals surface area contributed by atoms with E-state index >= 15 is 0 Å². The van der Waals surface area contributed by atoms with Crippen molar-refractivity contribution in [1.82, 2.24) is 0 Å². The second kappa shape index (κ2) is 6.04. The van der Waals surface area contributed by atoms with Crippen LogP contribution in [-0.4, -0.2) is 12.2 Å². The summed E-state index contributed by atoms with van der Waals surface area (Å²) in [5.74, 6) is 0.246. The van der Waals surface area contributed by atoms with E-state index in [0.29, 0.717) is 6.42 Å². The molecule has 0 radical (unpaired) electrons. The number of aliphatic hydroxyl groups is 1. The average molecular weight is 281 g/mol. The fourth-order valence-electron chi connectivity index (χ4n) is 1.92. The highest BCUT2D eigenvalue weighted by atomic mass is 35.5. The van der Waals surface area contributed by atoms with Crippen LogP contribution in [0.3, 0.4) is 0 Å². The fourth-order valence-corrected chi connectivity index (χ4v) is 2.20. The van der Waals surface area contributed by atoms with Gasteiger partial charge in [0.15, 0.2) is 0 Å². The molecule has 2 aromatic carbocycles. The van der Waals surface area contributed by atoms with E-state index in [4.69, 9.17) is 16.3 Å². The van der Waals surface area contributed by atoms with Gasteiger partial charge in [-0.25, -0.2) is 4.39 Å². The molecule has 1 N–H and O–H groups in total. The van der Waals surface area contributed by atoms with E-state index in [-0.39, 0.29) is 10.6 Å². The molecule has 0 aliphatic heterocycles. The van der Waals surface area contributed by atoms with Crippen molar-refractivity contribution in [2.45, 2.75) is 12.5 Å². The molecule has 0 saturated heterocycles. The molecule has 0 aromatic heterocycles. The highest BCUT2D eigenvalue weighted by Crippen LogP contribution is 2.28. The van der Waals surface area contributed by atoms with Crippen LogP contribution in [-0.2, 0) is 6.42 Å². The molecule has 1 unspecified atom stereocenters. The van der Waals surface area contributed by atoms with Gasteiger partial charge in [-0.15, -0.1) is 0 Å². The van der Waals surface area contributed by atoms with Crippen LogP contribution in [0.1, 0.15) is 17.2 Å². The van der Waals surface area contributed by atoms with E-state index in [1.54, 1.807) is 25.3 Å². The second-order valence-electron chi connectivity index (χ2n) is 4.20. The number of ether oxygens (including phenoxy) is 1. The molecule has 1 atom stereocenters. The van der Waals surface area contributed by atoms with Crippen molar-refractivity contribution >= 4 is 11.6 Å². The van der Waals surface area contributed by atoms with Crippen molar-refractivity contribution in [3.05, 3.63) is 64.4 Å². The predicted octanol–water partition coefficient (Wildman–Crippen LogP) is 3.76. The molecule has 0 aliphatic carbocycles. The van der Waals surface area contributed by atoms with Crippen molar-refractivity contribution < 1.29 is 14.2 Å². The Kier molecular flexibility index (Phi) is 4.40. The minimum Gasteiger partial charge on any atom is -0.497 e. The molecule has 0 saturated carbocycles. The lowest BCUT2D eigenvalue weighted by Crippen LogP contribution is -2.05. The van der Waals surface area contributed by atoms with Gasteiger partial charge in [0, 0.05) is 17.0 Å². The Hall–Kier alpha value is -1.58. The first-order valence-corrected chi connectivity index (χ1v) is 6.24. The van der Waals surface area contributed by atoms with Gasteiger partial charge in [0.25, 0.3) is 0 Å². The lowest BCUT2D eigenvalue weighted by Gasteiger charge is -2.14. The zero-order valence-corrected chi connectivity index (χ0v) is 11.2. The number of halogens is 2. The number of benzene rings is 2. The maximum absolute atomic E-state index is 13.7. The van der Waals surface area contributed by atoms with Crippen LogP contribution in [0.15, 0.2) is 42.5 Å². The summed E-state index contributed by atoms with van der Waals surface area (Å²) in [4.78, 5) is 0. The molecular formula is C15H14ClFO2. The van der Waals surface area contributed by atoms with Gasteiger partial charge in [-0.05, 0) is 29.8 Å². The molecule has 0 spiro atoms. The standard InChI is InChI=1S/C15H14ClFO2/c1-19-11-7-5-10(6-8-11)9-14(18)15-12(16)3-2-4-13(15)17/h2-8,14,18H,9H2,1H3. The van der Waals surface area contributed by atoms with Crippen LogP contribution < -0.4 is 4.74 Å². The first-order valence-electron chi connectivity index (χ1n) is 5.86. The SMILES string of the molecule is COc1ccc(CC(O)c2c(F)cccc2Cl)cc1. The summed E-state index contributed by atoms with van der Waals surface area (Å²) in [6.45, 7) is 0. The van der Waals surface area contributed by atoms with Crippen molar-refractivity contribution in [1.29, 1.82) is 0 Å². The quantitative estimate of drug-likeness (QED) is 0.924. The first kappa shape index (κ1) is 13.8. The molecule has 0 fully saturated rings. The van der Waals surface area contributed by atoms with Crippen molar-refractivity contribution in [3.63, 3.8) is 0 Å². The smallest absolute Gasteiger partial charge is 0.130 e. The van der Waals surface area contributed by atoms with Gasteiger partial charge in [-0.2, -0.15) is 0 Å². The maximum atomic E-state index is 13.7. The Morgan fingerprint density at radius 2 is 1.89 bits per heavy atom. The Morgan fingerprint density at radius 3 is 2.47 bits per heavy atom. The predicted molar refractivity (Wildman–Crippen MR) is 73.1 cm³/mol. The van der Waals surface area contributed by atoms with Gasteiger partial charge >= 0.3 is 0 Å². The van der Waals surface area contributed by atoms with E-state index in [1.165, 1.54) is 12.1 Å². The van der Waals surface area contributed by atoms with Gasteiger partial charge in [-0.1, -0.05) is 29.8 Å². The number of methoxy groups -OCH3 is 1. The topological polar surface area (TPSA) is 29.5 Å². The maximum Gasteiger partial charge on any atom is 0.130 e. The Labute approximate surface area is 116 Å². The van der Waals surface area contributed by atoms with Gasteiger partial charge in [-0.3, -0.25) is 0 Å². The summed E-state index contributed by atoms with van der Waals surface area (Å²) >= 11 is 5.92. The fraction of sp³-hybridized carbons (Fsp3) is 0.200. The highest BCUT2D eigenvalue weighted by molar-refractivity contribution is 6.31. The van der Waals surface area contributed by atoms with Gasteiger partial charge in [0.05, 0.1) is 13.2 Å². The van der Waals surface area contributed by atoms with Crippen molar-refractivity contribution in [3.8, 4) is 5.75 Å². The Morgan fingerprint density at radius 1 is 1.21 bits per heavy atom. The minimum absolute atomic E-state index is 0.139. The average Bonchev–Trinajstić information content (AvgIpc) is 2.39. The molecule has 0 bridgehead atoms. The van der Waals surface area contributed by atoms with Gasteiger partial charge in [0.1, 0.15) is 11.6 Å². The summed E-state index contributed by atoms with van der Waals surface area (Å²) in [7, 11) is 1.59. The molecule has 0 aliphatic rings. The summed E-state index contributed by atoms with van der Waals surface area (Å²) in [6.07, 6.45) is -0.674. The lowest BCUT2D eigenvalue weighted by molar-refractivity contribution is 0.173. The van der Waals surface area contributed by atoms with Crippen LogP contribution in [0.5, 0.6) is 5.75 Å². The van der Waals surface area contributed by atoms with Crippen molar-refractivity contribution in [2.24, 2.45) is 0 Å². The van der Waals surface area contributed by atoms with Gasteiger partial charge in [0.2, 0.25) is 0 Å². The molecule has 0 heterocycles. The molecular weight excluding hydrogens is 267 g/mol. The molecule has 2 aromatic rings. The first-order chi connectivity index (χ1) is 9.11. The van der Waals surface area contributed by atoms with E-state index in [1.807, 2.05) is 12.1 Å². The highest BCUT2D eigenvalue weighted by Gasteiger charge is 2.16. The van der Waals surface area contributed by atoms with Crippen LogP contribution in [0, 0.1) is 5.82 Å². The lowest BCUT2D eigenvalue weighted by atomic mass is 10.0. The van der Waals surface area contributed by atoms with Gasteiger partial charge < -0.3 is 9.84 Å². The monoisotopic (exact) mass is 280 g/mol. The van der Waals surface area contributed by atoms with E-state index in [9.17, 15) is 9.50 Å². The number of hydrogen-bond donors (Lipinski definition) is 1. The number of aliphatic hydroxyl groups excluding tert-OH is 1. The third kappa shape index (κ3) is 3.25. The second-order valence-corrected chi connectivity index (χ2v) is 4.61. The zero-order valence-electron chi connectivity index (χ0n) is 10.4. The largest absolute Gasteiger partial charge is 0.497 e. The van der Waals surface area contributed by atoms with Crippen molar-refractivity contribution in [2.75, 3.05) is 7.11 Å². The minimum atomic E-state index is -0.970. The molecule has 0 amide bonds. The van der Waals surface area contributed by atoms with Crippen LogP contribution >= 0.6 is 11.6 Å². The van der Waals surface area contributed by atoms with Crippen LogP contribution in [0.4, 0.5) is 4.39 Å². The number of hydrogen-bond acceptors (Lipinski definition) is 2. The molecule has 4 heteroatoms. The van der Waals surface area contributed by atoms with E-state index < -0.39 is 11.9 Å². The molecule has 2 rings (SSSR count). The third-order valence-corrected chi connectivity index (χ3v) is 3.25. The number of rotatable bonds is 4. The summed E-state index contributed by atoms with van der Waals surface area (Å²) in [5, 5.41) is 10.3.